The molecule has 2 amide bonds. The van der Waals surface area contributed by atoms with E-state index >= 15 is 0 Å². The highest BCUT2D eigenvalue weighted by Crippen LogP contribution is 2.34. The third-order valence-electron chi connectivity index (χ3n) is 3.46. The summed E-state index contributed by atoms with van der Waals surface area (Å²) in [4.78, 5) is 45.4. The Bertz CT molecular complexity index is 907. The summed E-state index contributed by atoms with van der Waals surface area (Å²) < 4.78 is 0. The highest BCUT2D eigenvalue weighted by atomic mass is 16.4. The zero-order chi connectivity index (χ0) is 19.6. The largest absolute Gasteiger partial charge is 0.478 e. The number of aromatic carboxylic acids is 2. The summed E-state index contributed by atoms with van der Waals surface area (Å²) in [6.45, 7) is 0. The van der Waals surface area contributed by atoms with Crippen molar-refractivity contribution in [2.45, 2.75) is 0 Å². The molecule has 2 aromatic carbocycles. The summed E-state index contributed by atoms with van der Waals surface area (Å²) in [6, 6.07) is 7.90. The molecule has 6 N–H and O–H groups in total. The standard InChI is InChI=1S/C16H12N2O8/c17-8-3-1-7(2-4-8)9-5-6-10(18(15(23)24)16(25)26)12(14(21)22)11(9)13(19)20/h1-6H,17H2,(H,19,20)(H,21,22)(H,23,24)(H,25,26). The van der Waals surface area contributed by atoms with Gasteiger partial charge in [-0.2, -0.15) is 4.90 Å². The topological polar surface area (TPSA) is 178 Å². The minimum absolute atomic E-state index is 0.0330. The van der Waals surface area contributed by atoms with Gasteiger partial charge in [-0.15, -0.1) is 0 Å². The third-order valence-corrected chi connectivity index (χ3v) is 3.46. The lowest BCUT2D eigenvalue weighted by molar-refractivity contribution is 0.0652. The molecule has 0 radical (unpaired) electrons. The van der Waals surface area contributed by atoms with Crippen molar-refractivity contribution in [3.05, 3.63) is 47.5 Å². The van der Waals surface area contributed by atoms with Gasteiger partial charge in [0.2, 0.25) is 0 Å². The van der Waals surface area contributed by atoms with Crippen LogP contribution in [-0.2, 0) is 0 Å². The summed E-state index contributed by atoms with van der Waals surface area (Å²) >= 11 is 0. The van der Waals surface area contributed by atoms with Crippen LogP contribution in [-0.4, -0.2) is 44.6 Å². The molecule has 0 heterocycles. The van der Waals surface area contributed by atoms with Gasteiger partial charge < -0.3 is 26.2 Å². The number of hydrogen-bond donors (Lipinski definition) is 5. The lowest BCUT2D eigenvalue weighted by Crippen LogP contribution is -2.36. The lowest BCUT2D eigenvalue weighted by Gasteiger charge is -2.19. The van der Waals surface area contributed by atoms with Crippen LogP contribution in [0.1, 0.15) is 20.7 Å². The number of rotatable bonds is 4. The van der Waals surface area contributed by atoms with E-state index in [1.54, 1.807) is 0 Å². The molecule has 0 aromatic heterocycles. The second kappa shape index (κ2) is 6.81. The maximum Gasteiger partial charge on any atom is 0.421 e. The number of anilines is 2. The Labute approximate surface area is 145 Å². The van der Waals surface area contributed by atoms with E-state index in [9.17, 15) is 29.4 Å². The molecule has 0 spiro atoms. The highest BCUT2D eigenvalue weighted by molar-refractivity contribution is 6.16. The van der Waals surface area contributed by atoms with Crippen LogP contribution >= 0.6 is 0 Å². The second-order valence-corrected chi connectivity index (χ2v) is 5.02. The van der Waals surface area contributed by atoms with E-state index in [-0.39, 0.29) is 10.5 Å². The van der Waals surface area contributed by atoms with Gasteiger partial charge in [0.25, 0.3) is 0 Å². The van der Waals surface area contributed by atoms with Crippen molar-refractivity contribution in [2.24, 2.45) is 0 Å². The normalized spacial score (nSPS) is 10.2. The van der Waals surface area contributed by atoms with E-state index in [1.165, 1.54) is 24.3 Å². The lowest BCUT2D eigenvalue weighted by atomic mass is 9.93. The Hall–Kier alpha value is -4.08. The van der Waals surface area contributed by atoms with Crippen molar-refractivity contribution in [1.82, 2.24) is 0 Å². The van der Waals surface area contributed by atoms with Crippen molar-refractivity contribution in [3.63, 3.8) is 0 Å². The van der Waals surface area contributed by atoms with Crippen molar-refractivity contribution >= 4 is 35.5 Å². The first-order chi connectivity index (χ1) is 12.1. The van der Waals surface area contributed by atoms with E-state index in [2.05, 4.69) is 0 Å². The summed E-state index contributed by atoms with van der Waals surface area (Å²) in [6.07, 6.45) is -3.95. The number of carboxylic acid groups (broad SMARTS) is 4. The molecule has 26 heavy (non-hydrogen) atoms. The summed E-state index contributed by atoms with van der Waals surface area (Å²) in [5.74, 6) is -3.45. The zero-order valence-electron chi connectivity index (χ0n) is 12.9. The van der Waals surface area contributed by atoms with Crippen LogP contribution in [0, 0.1) is 0 Å². The predicted molar refractivity (Wildman–Crippen MR) is 88.7 cm³/mol. The van der Waals surface area contributed by atoms with Crippen molar-refractivity contribution in [1.29, 1.82) is 0 Å². The average Bonchev–Trinajstić information content (AvgIpc) is 2.54. The summed E-state index contributed by atoms with van der Waals surface area (Å²) in [5, 5.41) is 37.0. The van der Waals surface area contributed by atoms with Gasteiger partial charge in [0.15, 0.2) is 0 Å². The Balaban J connectivity index is 2.87. The zero-order valence-corrected chi connectivity index (χ0v) is 12.9. The first-order valence-corrected chi connectivity index (χ1v) is 6.90. The van der Waals surface area contributed by atoms with Gasteiger partial charge in [0, 0.05) is 5.69 Å². The van der Waals surface area contributed by atoms with Crippen LogP contribution in [0.2, 0.25) is 0 Å². The molecule has 0 aliphatic carbocycles. The summed E-state index contributed by atoms with van der Waals surface area (Å²) in [5.41, 5.74) is 3.73. The first-order valence-electron chi connectivity index (χ1n) is 6.90. The SMILES string of the molecule is Nc1ccc(-c2ccc(N(C(=O)O)C(=O)O)c(C(=O)O)c2C(=O)O)cc1. The molecule has 134 valence electrons. The fraction of sp³-hybridized carbons (Fsp3) is 0. The van der Waals surface area contributed by atoms with Crippen LogP contribution in [0.4, 0.5) is 21.0 Å². The number of carboxylic acids is 2. The van der Waals surface area contributed by atoms with Crippen molar-refractivity contribution < 1.29 is 39.6 Å². The van der Waals surface area contributed by atoms with Crippen LogP contribution < -0.4 is 10.6 Å². The molecule has 10 nitrogen and oxygen atoms in total. The van der Waals surface area contributed by atoms with Gasteiger partial charge in [0.05, 0.1) is 16.8 Å². The van der Waals surface area contributed by atoms with Crippen LogP contribution in [0.25, 0.3) is 11.1 Å². The number of benzene rings is 2. The summed E-state index contributed by atoms with van der Waals surface area (Å²) in [7, 11) is 0. The van der Waals surface area contributed by atoms with Gasteiger partial charge in [-0.05, 0) is 29.3 Å². The molecule has 0 fully saturated rings. The Morgan fingerprint density at radius 3 is 1.65 bits per heavy atom. The molecule has 0 saturated heterocycles. The molecule has 2 rings (SSSR count). The smallest absolute Gasteiger partial charge is 0.421 e. The fourth-order valence-electron chi connectivity index (χ4n) is 2.41. The number of nitrogens with zero attached hydrogens (tertiary/aromatic N) is 1. The molecule has 0 bridgehead atoms. The molecule has 0 aliphatic rings. The highest BCUT2D eigenvalue weighted by Gasteiger charge is 2.32. The number of nitrogens with two attached hydrogens (primary N) is 1. The van der Waals surface area contributed by atoms with Gasteiger partial charge in [-0.1, -0.05) is 18.2 Å². The van der Waals surface area contributed by atoms with Gasteiger partial charge in [-0.25, -0.2) is 19.2 Å². The number of nitrogen functional groups attached to an aromatic ring is 1. The van der Waals surface area contributed by atoms with Crippen LogP contribution in [0.3, 0.4) is 0 Å². The van der Waals surface area contributed by atoms with Crippen LogP contribution in [0.15, 0.2) is 36.4 Å². The maximum atomic E-state index is 11.7. The second-order valence-electron chi connectivity index (χ2n) is 5.02. The van der Waals surface area contributed by atoms with Gasteiger partial charge in [-0.3, -0.25) is 0 Å². The van der Waals surface area contributed by atoms with Crippen LogP contribution in [0.5, 0.6) is 0 Å². The Morgan fingerprint density at radius 1 is 0.731 bits per heavy atom. The molecule has 2 aromatic rings. The predicted octanol–water partition coefficient (Wildman–Crippen LogP) is 2.49. The fourth-order valence-corrected chi connectivity index (χ4v) is 2.41. The van der Waals surface area contributed by atoms with E-state index in [0.717, 1.165) is 12.1 Å². The average molecular weight is 360 g/mol. The van der Waals surface area contributed by atoms with E-state index in [1.807, 2.05) is 0 Å². The molecular weight excluding hydrogens is 348 g/mol. The molecule has 0 aliphatic heterocycles. The monoisotopic (exact) mass is 360 g/mol. The van der Waals surface area contributed by atoms with Gasteiger partial charge in [0.1, 0.15) is 0 Å². The molecule has 0 unspecified atom stereocenters. The minimum atomic E-state index is -1.98. The Morgan fingerprint density at radius 2 is 1.23 bits per heavy atom. The number of hydrogen-bond acceptors (Lipinski definition) is 5. The maximum absolute atomic E-state index is 11.7. The molecule has 0 saturated carbocycles. The number of imide groups is 1. The number of carbonyl (C=O) groups is 4. The van der Waals surface area contributed by atoms with Crippen molar-refractivity contribution in [2.75, 3.05) is 10.6 Å². The molecular formula is C16H12N2O8. The molecule has 0 atom stereocenters. The minimum Gasteiger partial charge on any atom is -0.478 e. The number of amides is 2. The quantitative estimate of drug-likeness (QED) is 0.512. The Kier molecular flexibility index (Phi) is 4.78. The van der Waals surface area contributed by atoms with E-state index in [4.69, 9.17) is 15.9 Å². The van der Waals surface area contributed by atoms with Gasteiger partial charge >= 0.3 is 24.1 Å². The van der Waals surface area contributed by atoms with E-state index in [0.29, 0.717) is 11.3 Å². The van der Waals surface area contributed by atoms with Crippen molar-refractivity contribution in [3.8, 4) is 11.1 Å². The first kappa shape index (κ1) is 18.3. The molecule has 10 heteroatoms. The third kappa shape index (κ3) is 3.24. The van der Waals surface area contributed by atoms with E-state index < -0.39 is 40.9 Å².